The van der Waals surface area contributed by atoms with Crippen molar-refractivity contribution in [2.75, 3.05) is 19.8 Å². The van der Waals surface area contributed by atoms with E-state index < -0.39 is 6.10 Å². The minimum absolute atomic E-state index is 0.0288. The highest BCUT2D eigenvalue weighted by Gasteiger charge is 2.22. The number of halogens is 2. The first-order valence-corrected chi connectivity index (χ1v) is 7.31. The van der Waals surface area contributed by atoms with Crippen LogP contribution in [0.3, 0.4) is 0 Å². The summed E-state index contributed by atoms with van der Waals surface area (Å²) in [7, 11) is 0. The smallest absolute Gasteiger partial charge is 0.223 e. The van der Waals surface area contributed by atoms with Gasteiger partial charge in [-0.25, -0.2) is 0 Å². The number of carbonyl (C=O) groups excluding carboxylic acids is 1. The summed E-state index contributed by atoms with van der Waals surface area (Å²) in [5.74, 6) is -0.0700. The molecule has 6 heteroatoms. The van der Waals surface area contributed by atoms with E-state index in [9.17, 15) is 9.90 Å². The van der Waals surface area contributed by atoms with Crippen molar-refractivity contribution in [3.8, 4) is 0 Å². The van der Waals surface area contributed by atoms with Crippen LogP contribution in [0.5, 0.6) is 0 Å². The minimum Gasteiger partial charge on any atom is -0.387 e. The molecule has 2 rings (SSSR count). The first-order chi connectivity index (χ1) is 9.56. The Labute approximate surface area is 128 Å². The van der Waals surface area contributed by atoms with Gasteiger partial charge >= 0.3 is 0 Å². The molecule has 1 fully saturated rings. The van der Waals surface area contributed by atoms with Crippen LogP contribution in [0.15, 0.2) is 18.2 Å². The van der Waals surface area contributed by atoms with E-state index in [0.29, 0.717) is 28.8 Å². The number of aliphatic hydroxyl groups is 1. The maximum Gasteiger partial charge on any atom is 0.223 e. The molecule has 0 saturated carbocycles. The number of hydrogen-bond acceptors (Lipinski definition) is 3. The molecule has 4 nitrogen and oxygen atoms in total. The highest BCUT2D eigenvalue weighted by atomic mass is 35.5. The van der Waals surface area contributed by atoms with Crippen LogP contribution >= 0.6 is 23.2 Å². The highest BCUT2D eigenvalue weighted by Crippen LogP contribution is 2.23. The third-order valence-corrected chi connectivity index (χ3v) is 3.77. The van der Waals surface area contributed by atoms with Gasteiger partial charge in [0.25, 0.3) is 0 Å². The fourth-order valence-electron chi connectivity index (χ4n) is 2.19. The molecule has 110 valence electrons. The van der Waals surface area contributed by atoms with Crippen LogP contribution in [-0.2, 0) is 9.53 Å². The molecule has 0 radical (unpaired) electrons. The van der Waals surface area contributed by atoms with Crippen molar-refractivity contribution in [2.24, 2.45) is 5.92 Å². The summed E-state index contributed by atoms with van der Waals surface area (Å²) in [5.41, 5.74) is 0.592. The van der Waals surface area contributed by atoms with Gasteiger partial charge in [0, 0.05) is 35.7 Å². The molecule has 1 aromatic rings. The van der Waals surface area contributed by atoms with E-state index in [0.717, 1.165) is 12.8 Å². The van der Waals surface area contributed by atoms with Crippen molar-refractivity contribution in [2.45, 2.75) is 18.9 Å². The summed E-state index contributed by atoms with van der Waals surface area (Å²) in [6, 6.07) is 4.87. The Balaban J connectivity index is 1.87. The standard InChI is InChI=1S/C14H17Cl2NO3/c15-11-5-10(6-12(16)7-11)13(18)8-17-14(19)9-1-3-20-4-2-9/h5-7,9,13,18H,1-4,8H2,(H,17,19). The third-order valence-electron chi connectivity index (χ3n) is 3.33. The summed E-state index contributed by atoms with van der Waals surface area (Å²) in [4.78, 5) is 11.9. The second-order valence-electron chi connectivity index (χ2n) is 4.85. The summed E-state index contributed by atoms with van der Waals surface area (Å²) >= 11 is 11.8. The van der Waals surface area contributed by atoms with Crippen LogP contribution in [-0.4, -0.2) is 30.8 Å². The fourth-order valence-corrected chi connectivity index (χ4v) is 2.73. The molecular formula is C14H17Cl2NO3. The number of amides is 1. The van der Waals surface area contributed by atoms with Gasteiger partial charge in [-0.05, 0) is 36.6 Å². The summed E-state index contributed by atoms with van der Waals surface area (Å²) in [6.45, 7) is 1.38. The number of hydrogen-bond donors (Lipinski definition) is 2. The number of ether oxygens (including phenoxy) is 1. The van der Waals surface area contributed by atoms with Crippen molar-refractivity contribution in [3.05, 3.63) is 33.8 Å². The molecule has 0 bridgehead atoms. The monoisotopic (exact) mass is 317 g/mol. The lowest BCUT2D eigenvalue weighted by Gasteiger charge is -2.22. The van der Waals surface area contributed by atoms with Crippen LogP contribution in [0, 0.1) is 5.92 Å². The molecule has 1 saturated heterocycles. The van der Waals surface area contributed by atoms with Crippen LogP contribution in [0.25, 0.3) is 0 Å². The molecule has 0 aliphatic carbocycles. The first kappa shape index (κ1) is 15.6. The SMILES string of the molecule is O=C(NCC(O)c1cc(Cl)cc(Cl)c1)C1CCOCC1. The van der Waals surface area contributed by atoms with Gasteiger partial charge in [0.15, 0.2) is 0 Å². The van der Waals surface area contributed by atoms with Crippen LogP contribution in [0.4, 0.5) is 0 Å². The molecule has 1 aliphatic heterocycles. The molecule has 20 heavy (non-hydrogen) atoms. The average molecular weight is 318 g/mol. The van der Waals surface area contributed by atoms with Gasteiger partial charge in [0.2, 0.25) is 5.91 Å². The van der Waals surface area contributed by atoms with E-state index in [1.165, 1.54) is 0 Å². The van der Waals surface area contributed by atoms with E-state index in [1.54, 1.807) is 18.2 Å². The van der Waals surface area contributed by atoms with E-state index in [1.807, 2.05) is 0 Å². The minimum atomic E-state index is -0.824. The largest absolute Gasteiger partial charge is 0.387 e. The molecule has 2 N–H and O–H groups in total. The van der Waals surface area contributed by atoms with Crippen molar-refractivity contribution in [3.63, 3.8) is 0 Å². The first-order valence-electron chi connectivity index (χ1n) is 6.56. The van der Waals surface area contributed by atoms with E-state index in [-0.39, 0.29) is 18.4 Å². The van der Waals surface area contributed by atoms with Gasteiger partial charge in [0.05, 0.1) is 6.10 Å². The predicted molar refractivity (Wildman–Crippen MR) is 78.0 cm³/mol. The lowest BCUT2D eigenvalue weighted by molar-refractivity contribution is -0.128. The van der Waals surface area contributed by atoms with Gasteiger partial charge in [-0.15, -0.1) is 0 Å². The molecule has 0 aromatic heterocycles. The zero-order valence-corrected chi connectivity index (χ0v) is 12.5. The predicted octanol–water partition coefficient (Wildman–Crippen LogP) is 2.57. The maximum atomic E-state index is 11.9. The lowest BCUT2D eigenvalue weighted by Crippen LogP contribution is -2.36. The molecule has 1 aliphatic rings. The molecular weight excluding hydrogens is 301 g/mol. The van der Waals surface area contributed by atoms with E-state index in [2.05, 4.69) is 5.32 Å². The molecule has 1 atom stereocenters. The molecule has 1 amide bonds. The topological polar surface area (TPSA) is 58.6 Å². The second kappa shape index (κ2) is 7.27. The Morgan fingerprint density at radius 2 is 1.90 bits per heavy atom. The number of rotatable bonds is 4. The Bertz CT molecular complexity index is 455. The Hall–Kier alpha value is -0.810. The van der Waals surface area contributed by atoms with Gasteiger partial charge in [-0.1, -0.05) is 23.2 Å². The molecule has 1 heterocycles. The summed E-state index contributed by atoms with van der Waals surface area (Å²) in [5, 5.41) is 13.7. The highest BCUT2D eigenvalue weighted by molar-refractivity contribution is 6.34. The Morgan fingerprint density at radius 3 is 2.50 bits per heavy atom. The summed E-state index contributed by atoms with van der Waals surface area (Å²) < 4.78 is 5.21. The van der Waals surface area contributed by atoms with Crippen LogP contribution in [0.1, 0.15) is 24.5 Å². The van der Waals surface area contributed by atoms with E-state index in [4.69, 9.17) is 27.9 Å². The number of nitrogens with one attached hydrogen (secondary N) is 1. The van der Waals surface area contributed by atoms with Crippen LogP contribution < -0.4 is 5.32 Å². The van der Waals surface area contributed by atoms with Gasteiger partial charge in [0.1, 0.15) is 0 Å². The zero-order chi connectivity index (χ0) is 14.5. The van der Waals surface area contributed by atoms with Gasteiger partial charge < -0.3 is 15.2 Å². The zero-order valence-electron chi connectivity index (χ0n) is 10.9. The lowest BCUT2D eigenvalue weighted by atomic mass is 9.99. The summed E-state index contributed by atoms with van der Waals surface area (Å²) in [6.07, 6.45) is 0.630. The maximum absolute atomic E-state index is 11.9. The normalized spacial score (nSPS) is 17.8. The van der Waals surface area contributed by atoms with Crippen LogP contribution in [0.2, 0.25) is 10.0 Å². The Kier molecular flexibility index (Phi) is 5.66. The Morgan fingerprint density at radius 1 is 1.30 bits per heavy atom. The van der Waals surface area contributed by atoms with Crippen molar-refractivity contribution in [1.82, 2.24) is 5.32 Å². The fraction of sp³-hybridized carbons (Fsp3) is 0.500. The quantitative estimate of drug-likeness (QED) is 0.897. The number of aliphatic hydroxyl groups excluding tert-OH is 1. The second-order valence-corrected chi connectivity index (χ2v) is 5.72. The number of benzene rings is 1. The molecule has 1 aromatic carbocycles. The van der Waals surface area contributed by atoms with Crippen molar-refractivity contribution < 1.29 is 14.6 Å². The average Bonchev–Trinajstić information content (AvgIpc) is 2.44. The number of carbonyl (C=O) groups is 1. The van der Waals surface area contributed by atoms with Gasteiger partial charge in [-0.2, -0.15) is 0 Å². The molecule has 1 unspecified atom stereocenters. The van der Waals surface area contributed by atoms with Crippen molar-refractivity contribution in [1.29, 1.82) is 0 Å². The molecule has 0 spiro atoms. The third kappa shape index (κ3) is 4.35. The van der Waals surface area contributed by atoms with E-state index >= 15 is 0 Å². The van der Waals surface area contributed by atoms with Gasteiger partial charge in [-0.3, -0.25) is 4.79 Å². The van der Waals surface area contributed by atoms with Crippen molar-refractivity contribution >= 4 is 29.1 Å².